The van der Waals surface area contributed by atoms with E-state index in [2.05, 4.69) is 4.74 Å². The Morgan fingerprint density at radius 2 is 2.31 bits per heavy atom. The van der Waals surface area contributed by atoms with Crippen molar-refractivity contribution in [2.45, 2.75) is 38.0 Å². The van der Waals surface area contributed by atoms with E-state index < -0.39 is 17.6 Å². The molecule has 0 spiro atoms. The topological polar surface area (TPSA) is 65.1 Å². The molecule has 2 fully saturated rings. The van der Waals surface area contributed by atoms with E-state index in [9.17, 15) is 9.59 Å². The zero-order chi connectivity index (χ0) is 11.9. The van der Waals surface area contributed by atoms with Gasteiger partial charge in [-0.2, -0.15) is 5.06 Å². The Morgan fingerprint density at radius 1 is 1.62 bits per heavy atom. The van der Waals surface area contributed by atoms with Crippen LogP contribution in [0.2, 0.25) is 0 Å². The zero-order valence-corrected chi connectivity index (χ0v) is 9.56. The van der Waals surface area contributed by atoms with E-state index in [1.807, 2.05) is 6.92 Å². The number of morpholine rings is 1. The number of fused-ring (bicyclic) bond motifs is 1. The second-order valence-corrected chi connectivity index (χ2v) is 4.37. The largest absolute Gasteiger partial charge is 0.467 e. The van der Waals surface area contributed by atoms with E-state index in [0.717, 1.165) is 0 Å². The monoisotopic (exact) mass is 229 g/mol. The molecular formula is C10H15NO5. The van der Waals surface area contributed by atoms with Gasteiger partial charge < -0.3 is 9.47 Å². The number of carbonyl (C=O) groups is 2. The molecular weight excluding hydrogens is 214 g/mol. The van der Waals surface area contributed by atoms with Gasteiger partial charge in [0, 0.05) is 6.42 Å². The van der Waals surface area contributed by atoms with E-state index in [1.54, 1.807) is 12.0 Å². The third-order valence-corrected chi connectivity index (χ3v) is 3.07. The normalized spacial score (nSPS) is 39.1. The second kappa shape index (κ2) is 3.71. The van der Waals surface area contributed by atoms with Crippen molar-refractivity contribution in [3.63, 3.8) is 0 Å². The molecule has 2 aliphatic heterocycles. The van der Waals surface area contributed by atoms with Gasteiger partial charge in [0.05, 0.1) is 13.2 Å². The molecule has 0 aromatic carbocycles. The summed E-state index contributed by atoms with van der Waals surface area (Å²) in [6, 6.07) is -0.0580. The van der Waals surface area contributed by atoms with Crippen LogP contribution in [0.5, 0.6) is 0 Å². The van der Waals surface area contributed by atoms with Crippen LogP contribution in [0.15, 0.2) is 0 Å². The van der Waals surface area contributed by atoms with Crippen LogP contribution >= 0.6 is 0 Å². The lowest BCUT2D eigenvalue weighted by Crippen LogP contribution is -2.57. The number of methoxy groups -OCH3 is 1. The van der Waals surface area contributed by atoms with E-state index in [0.29, 0.717) is 0 Å². The molecule has 2 heterocycles. The number of hydrogen-bond acceptors (Lipinski definition) is 6. The molecule has 0 saturated carbocycles. The highest BCUT2D eigenvalue weighted by atomic mass is 16.7. The van der Waals surface area contributed by atoms with Crippen LogP contribution < -0.4 is 0 Å². The molecule has 90 valence electrons. The summed E-state index contributed by atoms with van der Waals surface area (Å²) < 4.78 is 9.67. The van der Waals surface area contributed by atoms with Crippen molar-refractivity contribution in [2.24, 2.45) is 0 Å². The van der Waals surface area contributed by atoms with E-state index in [4.69, 9.17) is 9.57 Å². The summed E-state index contributed by atoms with van der Waals surface area (Å²) in [6.07, 6.45) is -0.453. The summed E-state index contributed by atoms with van der Waals surface area (Å²) in [5.41, 5.74) is -0.878. The summed E-state index contributed by atoms with van der Waals surface area (Å²) in [5, 5.41) is 1.56. The molecule has 0 aliphatic carbocycles. The van der Waals surface area contributed by atoms with Crippen molar-refractivity contribution < 1.29 is 23.9 Å². The van der Waals surface area contributed by atoms with Crippen molar-refractivity contribution in [1.29, 1.82) is 0 Å². The average Bonchev–Trinajstić information content (AvgIpc) is 2.63. The quantitative estimate of drug-likeness (QED) is 0.583. The number of ether oxygens (including phenoxy) is 2. The summed E-state index contributed by atoms with van der Waals surface area (Å²) in [6.45, 7) is 3.88. The Kier molecular flexibility index (Phi) is 2.63. The first-order valence-corrected chi connectivity index (χ1v) is 5.20. The molecule has 1 unspecified atom stereocenters. The number of rotatable bonds is 1. The van der Waals surface area contributed by atoms with Crippen LogP contribution in [0.25, 0.3) is 0 Å². The average molecular weight is 229 g/mol. The number of esters is 2. The molecule has 0 radical (unpaired) electrons. The van der Waals surface area contributed by atoms with Gasteiger partial charge in [-0.25, -0.2) is 9.59 Å². The zero-order valence-electron chi connectivity index (χ0n) is 9.56. The fraction of sp³-hybridized carbons (Fsp3) is 0.800. The van der Waals surface area contributed by atoms with E-state index in [1.165, 1.54) is 7.11 Å². The SMILES string of the molecule is COC(=O)C1C[C@]2(C)C(=O)OC[C@H](C)N2O1. The third-order valence-electron chi connectivity index (χ3n) is 3.07. The summed E-state index contributed by atoms with van der Waals surface area (Å²) in [7, 11) is 1.30. The first-order chi connectivity index (χ1) is 7.49. The number of cyclic esters (lactones) is 1. The minimum absolute atomic E-state index is 0.0580. The Hall–Kier alpha value is -1.14. The Bertz CT molecular complexity index is 331. The van der Waals surface area contributed by atoms with Gasteiger partial charge in [-0.05, 0) is 13.8 Å². The van der Waals surface area contributed by atoms with Gasteiger partial charge >= 0.3 is 11.9 Å². The van der Waals surface area contributed by atoms with Crippen LogP contribution in [-0.4, -0.2) is 48.4 Å². The first kappa shape index (κ1) is 11.3. The number of hydroxylamine groups is 2. The van der Waals surface area contributed by atoms with Gasteiger partial charge in [0.1, 0.15) is 12.1 Å². The standard InChI is InChI=1S/C10H15NO5/c1-6-5-15-9(13)10(2)4-7(8(12)14-3)16-11(6)10/h6-7H,4-5H2,1-3H3/t6-,7?,10+/m0/s1. The van der Waals surface area contributed by atoms with Crippen molar-refractivity contribution in [3.8, 4) is 0 Å². The molecule has 6 nitrogen and oxygen atoms in total. The van der Waals surface area contributed by atoms with Crippen molar-refractivity contribution in [3.05, 3.63) is 0 Å². The van der Waals surface area contributed by atoms with Crippen molar-refractivity contribution >= 4 is 11.9 Å². The molecule has 2 saturated heterocycles. The third kappa shape index (κ3) is 1.49. The Balaban J connectivity index is 2.22. The fourth-order valence-electron chi connectivity index (χ4n) is 2.18. The van der Waals surface area contributed by atoms with Gasteiger partial charge in [0.15, 0.2) is 6.10 Å². The van der Waals surface area contributed by atoms with Crippen molar-refractivity contribution in [1.82, 2.24) is 5.06 Å². The predicted molar refractivity (Wildman–Crippen MR) is 52.2 cm³/mol. The lowest BCUT2D eigenvalue weighted by Gasteiger charge is -2.39. The van der Waals surface area contributed by atoms with Gasteiger partial charge in [0.25, 0.3) is 0 Å². The smallest absolute Gasteiger partial charge is 0.337 e. The lowest BCUT2D eigenvalue weighted by molar-refractivity contribution is -0.244. The molecule has 0 aromatic rings. The molecule has 16 heavy (non-hydrogen) atoms. The van der Waals surface area contributed by atoms with Gasteiger partial charge in [-0.15, -0.1) is 0 Å². The maximum atomic E-state index is 11.7. The minimum Gasteiger partial charge on any atom is -0.467 e. The molecule has 2 rings (SSSR count). The number of hydrogen-bond donors (Lipinski definition) is 0. The first-order valence-electron chi connectivity index (χ1n) is 5.20. The highest BCUT2D eigenvalue weighted by Gasteiger charge is 2.56. The fourth-order valence-corrected chi connectivity index (χ4v) is 2.18. The summed E-state index contributed by atoms with van der Waals surface area (Å²) >= 11 is 0. The molecule has 0 aromatic heterocycles. The van der Waals surface area contributed by atoms with Gasteiger partial charge in [0.2, 0.25) is 0 Å². The molecule has 2 aliphatic rings. The maximum absolute atomic E-state index is 11.7. The number of nitrogens with zero attached hydrogens (tertiary/aromatic N) is 1. The lowest BCUT2D eigenvalue weighted by atomic mass is 9.93. The molecule has 6 heteroatoms. The van der Waals surface area contributed by atoms with E-state index in [-0.39, 0.29) is 25.0 Å². The van der Waals surface area contributed by atoms with Crippen LogP contribution in [0.1, 0.15) is 20.3 Å². The van der Waals surface area contributed by atoms with Crippen LogP contribution in [0.3, 0.4) is 0 Å². The second-order valence-electron chi connectivity index (χ2n) is 4.37. The highest BCUT2D eigenvalue weighted by molar-refractivity contribution is 5.84. The van der Waals surface area contributed by atoms with Crippen molar-refractivity contribution in [2.75, 3.05) is 13.7 Å². The van der Waals surface area contributed by atoms with Gasteiger partial charge in [-0.3, -0.25) is 4.84 Å². The number of carbonyl (C=O) groups excluding carboxylic acids is 2. The Morgan fingerprint density at radius 3 is 2.88 bits per heavy atom. The van der Waals surface area contributed by atoms with Gasteiger partial charge in [-0.1, -0.05) is 0 Å². The molecule has 0 amide bonds. The highest BCUT2D eigenvalue weighted by Crippen LogP contribution is 2.37. The van der Waals surface area contributed by atoms with Crippen LogP contribution in [-0.2, 0) is 23.9 Å². The molecule has 3 atom stereocenters. The predicted octanol–water partition coefficient (Wildman–Crippen LogP) is -0.131. The van der Waals surface area contributed by atoms with Crippen LogP contribution in [0.4, 0.5) is 0 Å². The molecule has 0 bridgehead atoms. The van der Waals surface area contributed by atoms with E-state index >= 15 is 0 Å². The molecule has 0 N–H and O–H groups in total. The minimum atomic E-state index is -0.878. The maximum Gasteiger partial charge on any atom is 0.337 e. The van der Waals surface area contributed by atoms with Crippen LogP contribution in [0, 0.1) is 0 Å². The summed E-state index contributed by atoms with van der Waals surface area (Å²) in [5.74, 6) is -0.812. The summed E-state index contributed by atoms with van der Waals surface area (Å²) in [4.78, 5) is 28.6. The Labute approximate surface area is 93.4 Å².